The summed E-state index contributed by atoms with van der Waals surface area (Å²) >= 11 is 0. The van der Waals surface area contributed by atoms with Crippen molar-refractivity contribution < 1.29 is 9.47 Å². The summed E-state index contributed by atoms with van der Waals surface area (Å²) in [5.41, 5.74) is 6.16. The summed E-state index contributed by atoms with van der Waals surface area (Å²) in [6.07, 6.45) is 3.13. The molecule has 0 radical (unpaired) electrons. The highest BCUT2D eigenvalue weighted by Gasteiger charge is 2.30. The van der Waals surface area contributed by atoms with E-state index in [9.17, 15) is 0 Å². The molecular weight excluding hydrogens is 166 g/mol. The number of rotatable bonds is 4. The molecule has 1 heterocycles. The molecule has 0 aromatic rings. The van der Waals surface area contributed by atoms with Gasteiger partial charge in [-0.05, 0) is 32.1 Å². The van der Waals surface area contributed by atoms with Crippen LogP contribution in [-0.4, -0.2) is 32.5 Å². The van der Waals surface area contributed by atoms with Gasteiger partial charge in [0.25, 0.3) is 0 Å². The first-order valence-corrected chi connectivity index (χ1v) is 5.02. The zero-order valence-corrected chi connectivity index (χ0v) is 8.71. The zero-order valence-electron chi connectivity index (χ0n) is 8.71. The summed E-state index contributed by atoms with van der Waals surface area (Å²) in [5.74, 6) is 0.594. The zero-order chi connectivity index (χ0) is 9.73. The third kappa shape index (κ3) is 3.25. The molecule has 0 aromatic heterocycles. The first-order chi connectivity index (χ1) is 6.17. The van der Waals surface area contributed by atoms with Gasteiger partial charge in [0.2, 0.25) is 0 Å². The Labute approximate surface area is 80.6 Å². The second kappa shape index (κ2) is 4.94. The van der Waals surface area contributed by atoms with Gasteiger partial charge in [0.1, 0.15) is 0 Å². The first-order valence-electron chi connectivity index (χ1n) is 5.02. The quantitative estimate of drug-likeness (QED) is 0.718. The summed E-state index contributed by atoms with van der Waals surface area (Å²) in [6, 6.07) is 0. The summed E-state index contributed by atoms with van der Waals surface area (Å²) in [5, 5.41) is 0. The molecule has 0 spiro atoms. The Balaban J connectivity index is 2.36. The van der Waals surface area contributed by atoms with Crippen LogP contribution in [0.4, 0.5) is 0 Å². The molecule has 0 aliphatic carbocycles. The van der Waals surface area contributed by atoms with Crippen molar-refractivity contribution in [3.05, 3.63) is 0 Å². The lowest BCUT2D eigenvalue weighted by molar-refractivity contribution is 0.0336. The van der Waals surface area contributed by atoms with Gasteiger partial charge in [0.15, 0.2) is 0 Å². The normalized spacial score (nSPS) is 24.2. The third-order valence-electron chi connectivity index (χ3n) is 3.00. The van der Waals surface area contributed by atoms with Crippen LogP contribution in [-0.2, 0) is 9.47 Å². The Morgan fingerprint density at radius 3 is 2.62 bits per heavy atom. The monoisotopic (exact) mass is 187 g/mol. The molecule has 1 aliphatic heterocycles. The lowest BCUT2D eigenvalue weighted by Crippen LogP contribution is -2.47. The largest absolute Gasteiger partial charge is 0.385 e. The second-order valence-electron chi connectivity index (χ2n) is 4.14. The maximum absolute atomic E-state index is 6.24. The molecule has 3 heteroatoms. The molecule has 0 saturated carbocycles. The van der Waals surface area contributed by atoms with Crippen LogP contribution in [0.2, 0.25) is 0 Å². The number of hydrogen-bond donors (Lipinski definition) is 1. The maximum atomic E-state index is 6.24. The molecule has 1 atom stereocenters. The van der Waals surface area contributed by atoms with Crippen molar-refractivity contribution in [1.82, 2.24) is 0 Å². The fourth-order valence-electron chi connectivity index (χ4n) is 1.88. The summed E-state index contributed by atoms with van der Waals surface area (Å²) < 4.78 is 10.4. The molecule has 1 aliphatic rings. The van der Waals surface area contributed by atoms with Crippen LogP contribution in [0.1, 0.15) is 26.2 Å². The molecular formula is C10H21NO2. The van der Waals surface area contributed by atoms with E-state index in [0.717, 1.165) is 39.1 Å². The van der Waals surface area contributed by atoms with E-state index in [4.69, 9.17) is 15.2 Å². The van der Waals surface area contributed by atoms with Crippen LogP contribution in [0.3, 0.4) is 0 Å². The topological polar surface area (TPSA) is 44.5 Å². The van der Waals surface area contributed by atoms with E-state index >= 15 is 0 Å². The summed E-state index contributed by atoms with van der Waals surface area (Å²) in [7, 11) is 1.72. The van der Waals surface area contributed by atoms with Gasteiger partial charge in [0, 0.05) is 32.5 Å². The number of nitrogens with two attached hydrogens (primary N) is 1. The lowest BCUT2D eigenvalue weighted by Gasteiger charge is -2.36. The maximum Gasteiger partial charge on any atom is 0.0479 e. The van der Waals surface area contributed by atoms with E-state index in [1.54, 1.807) is 7.11 Å². The minimum Gasteiger partial charge on any atom is -0.385 e. The SMILES string of the molecule is COCCC(C)(N)C1CCOCC1. The van der Waals surface area contributed by atoms with Crippen molar-refractivity contribution in [1.29, 1.82) is 0 Å². The van der Waals surface area contributed by atoms with E-state index < -0.39 is 0 Å². The summed E-state index contributed by atoms with van der Waals surface area (Å²) in [6.45, 7) is 4.61. The fraction of sp³-hybridized carbons (Fsp3) is 1.00. The molecule has 1 rings (SSSR count). The van der Waals surface area contributed by atoms with Crippen molar-refractivity contribution in [3.63, 3.8) is 0 Å². The highest BCUT2D eigenvalue weighted by atomic mass is 16.5. The van der Waals surface area contributed by atoms with E-state index in [0.29, 0.717) is 5.92 Å². The molecule has 1 saturated heterocycles. The van der Waals surface area contributed by atoms with Crippen molar-refractivity contribution in [3.8, 4) is 0 Å². The van der Waals surface area contributed by atoms with Crippen LogP contribution in [0.15, 0.2) is 0 Å². The fourth-order valence-corrected chi connectivity index (χ4v) is 1.88. The predicted molar refractivity (Wildman–Crippen MR) is 52.6 cm³/mol. The molecule has 78 valence electrons. The summed E-state index contributed by atoms with van der Waals surface area (Å²) in [4.78, 5) is 0. The van der Waals surface area contributed by atoms with Crippen molar-refractivity contribution in [2.75, 3.05) is 26.9 Å². The highest BCUT2D eigenvalue weighted by Crippen LogP contribution is 2.27. The Hall–Kier alpha value is -0.120. The van der Waals surface area contributed by atoms with Gasteiger partial charge in [-0.3, -0.25) is 0 Å². The molecule has 1 unspecified atom stereocenters. The van der Waals surface area contributed by atoms with Gasteiger partial charge in [-0.25, -0.2) is 0 Å². The van der Waals surface area contributed by atoms with Gasteiger partial charge in [0.05, 0.1) is 0 Å². The smallest absolute Gasteiger partial charge is 0.0479 e. The Morgan fingerprint density at radius 1 is 1.46 bits per heavy atom. The van der Waals surface area contributed by atoms with Crippen LogP contribution in [0, 0.1) is 5.92 Å². The van der Waals surface area contributed by atoms with Crippen LogP contribution < -0.4 is 5.73 Å². The van der Waals surface area contributed by atoms with Crippen molar-refractivity contribution >= 4 is 0 Å². The molecule has 13 heavy (non-hydrogen) atoms. The Morgan fingerprint density at radius 2 is 2.08 bits per heavy atom. The van der Waals surface area contributed by atoms with Crippen molar-refractivity contribution in [2.45, 2.75) is 31.7 Å². The van der Waals surface area contributed by atoms with Crippen LogP contribution >= 0.6 is 0 Å². The minimum atomic E-state index is -0.0835. The Kier molecular flexibility index (Phi) is 4.16. The molecule has 0 bridgehead atoms. The van der Waals surface area contributed by atoms with Gasteiger partial charge in [-0.15, -0.1) is 0 Å². The average Bonchev–Trinajstić information content (AvgIpc) is 2.16. The Bertz CT molecular complexity index is 142. The molecule has 0 amide bonds. The standard InChI is InChI=1S/C10H21NO2/c1-10(11,5-8-12-2)9-3-6-13-7-4-9/h9H,3-8,11H2,1-2H3. The van der Waals surface area contributed by atoms with Gasteiger partial charge < -0.3 is 15.2 Å². The van der Waals surface area contributed by atoms with E-state index in [-0.39, 0.29) is 5.54 Å². The van der Waals surface area contributed by atoms with Gasteiger partial charge >= 0.3 is 0 Å². The minimum absolute atomic E-state index is 0.0835. The number of methoxy groups -OCH3 is 1. The van der Waals surface area contributed by atoms with E-state index in [2.05, 4.69) is 6.92 Å². The number of ether oxygens (including phenoxy) is 2. The molecule has 2 N–H and O–H groups in total. The first kappa shape index (κ1) is 11.0. The number of hydrogen-bond acceptors (Lipinski definition) is 3. The predicted octanol–water partition coefficient (Wildman–Crippen LogP) is 1.17. The van der Waals surface area contributed by atoms with Crippen LogP contribution in [0.5, 0.6) is 0 Å². The van der Waals surface area contributed by atoms with E-state index in [1.165, 1.54) is 0 Å². The van der Waals surface area contributed by atoms with Gasteiger partial charge in [-0.1, -0.05) is 0 Å². The van der Waals surface area contributed by atoms with E-state index in [1.807, 2.05) is 0 Å². The van der Waals surface area contributed by atoms with Crippen molar-refractivity contribution in [2.24, 2.45) is 11.7 Å². The van der Waals surface area contributed by atoms with Gasteiger partial charge in [-0.2, -0.15) is 0 Å². The third-order valence-corrected chi connectivity index (χ3v) is 3.00. The average molecular weight is 187 g/mol. The van der Waals surface area contributed by atoms with Crippen LogP contribution in [0.25, 0.3) is 0 Å². The molecule has 3 nitrogen and oxygen atoms in total. The highest BCUT2D eigenvalue weighted by molar-refractivity contribution is 4.87. The molecule has 0 aromatic carbocycles. The second-order valence-corrected chi connectivity index (χ2v) is 4.14. The lowest BCUT2D eigenvalue weighted by atomic mass is 9.79. The molecule has 1 fully saturated rings.